The molecule has 9 heteroatoms. The second-order valence-corrected chi connectivity index (χ2v) is 9.15. The molecule has 1 atom stereocenters. The van der Waals surface area contributed by atoms with E-state index < -0.39 is 6.09 Å². The fourth-order valence-corrected chi connectivity index (χ4v) is 3.86. The van der Waals surface area contributed by atoms with E-state index in [1.807, 2.05) is 43.7 Å². The third kappa shape index (κ3) is 4.32. The second kappa shape index (κ2) is 7.96. The Bertz CT molecular complexity index is 1080. The van der Waals surface area contributed by atoms with Crippen LogP contribution >= 0.6 is 23.2 Å². The van der Waals surface area contributed by atoms with Gasteiger partial charge in [-0.1, -0.05) is 23.2 Å². The Balaban J connectivity index is 1.63. The molecule has 1 aliphatic heterocycles. The number of alkyl carbamates (subject to hydrolysis) is 1. The van der Waals surface area contributed by atoms with Crippen molar-refractivity contribution in [1.29, 1.82) is 0 Å². The lowest BCUT2D eigenvalue weighted by atomic mass is 10.1. The number of halogens is 2. The van der Waals surface area contributed by atoms with Crippen molar-refractivity contribution in [1.82, 2.24) is 19.9 Å². The number of benzene rings is 1. The second-order valence-electron chi connectivity index (χ2n) is 8.36. The molecule has 0 bridgehead atoms. The maximum atomic E-state index is 12.1. The van der Waals surface area contributed by atoms with Gasteiger partial charge in [-0.2, -0.15) is 0 Å². The van der Waals surface area contributed by atoms with Gasteiger partial charge < -0.3 is 19.5 Å². The van der Waals surface area contributed by atoms with Crippen molar-refractivity contribution in [3.05, 3.63) is 47.0 Å². The average molecular weight is 448 g/mol. The molecule has 0 radical (unpaired) electrons. The van der Waals surface area contributed by atoms with E-state index in [2.05, 4.69) is 15.2 Å². The zero-order chi connectivity index (χ0) is 21.5. The van der Waals surface area contributed by atoms with Gasteiger partial charge in [-0.25, -0.2) is 14.8 Å². The van der Waals surface area contributed by atoms with Crippen molar-refractivity contribution in [3.63, 3.8) is 0 Å². The lowest BCUT2D eigenvalue weighted by Gasteiger charge is -2.23. The van der Waals surface area contributed by atoms with Gasteiger partial charge in [0.2, 0.25) is 0 Å². The zero-order valence-corrected chi connectivity index (χ0v) is 18.5. The molecule has 1 aromatic carbocycles. The van der Waals surface area contributed by atoms with E-state index in [1.54, 1.807) is 18.6 Å². The number of carbonyl (C=O) groups is 1. The summed E-state index contributed by atoms with van der Waals surface area (Å²) in [5, 5.41) is 4.57. The van der Waals surface area contributed by atoms with Crippen LogP contribution in [0.15, 0.2) is 36.9 Å². The summed E-state index contributed by atoms with van der Waals surface area (Å²) >= 11 is 12.7. The predicted octanol–water partition coefficient (Wildman–Crippen LogP) is 4.83. The highest BCUT2D eigenvalue weighted by Crippen LogP contribution is 2.35. The van der Waals surface area contributed by atoms with Gasteiger partial charge in [-0.3, -0.25) is 0 Å². The van der Waals surface area contributed by atoms with Gasteiger partial charge in [0.25, 0.3) is 0 Å². The summed E-state index contributed by atoms with van der Waals surface area (Å²) in [7, 11) is 0. The van der Waals surface area contributed by atoms with Crippen LogP contribution in [0.1, 0.15) is 27.2 Å². The standard InChI is InChI=1S/C21H23Cl2N5O2/c1-21(2,3)26-20(29)30-13-6-8-27(11-13)17-10-16(28-9-7-24-12-28)14-4-5-15(22)18(23)19(14)25-17/h4-5,7,9-10,12-13H,6,8,11H2,1-3H3,(H,26,29)/t13-/m0/s1. The lowest BCUT2D eigenvalue weighted by molar-refractivity contribution is 0.101. The fourth-order valence-electron chi connectivity index (χ4n) is 3.50. The predicted molar refractivity (Wildman–Crippen MR) is 119 cm³/mol. The third-order valence-electron chi connectivity index (χ3n) is 4.84. The molecular weight excluding hydrogens is 425 g/mol. The molecule has 1 fully saturated rings. The SMILES string of the molecule is CC(C)(C)NC(=O)O[C@H]1CCN(c2cc(-n3ccnc3)c3ccc(Cl)c(Cl)c3n2)C1. The smallest absolute Gasteiger partial charge is 0.407 e. The van der Waals surface area contributed by atoms with Crippen molar-refractivity contribution in [2.24, 2.45) is 0 Å². The number of fused-ring (bicyclic) bond motifs is 1. The van der Waals surface area contributed by atoms with Crippen LogP contribution in [-0.2, 0) is 4.74 Å². The molecule has 7 nitrogen and oxygen atoms in total. The number of anilines is 1. The van der Waals surface area contributed by atoms with E-state index >= 15 is 0 Å². The number of carbonyl (C=O) groups excluding carboxylic acids is 1. The number of pyridine rings is 1. The van der Waals surface area contributed by atoms with E-state index in [-0.39, 0.29) is 11.6 Å². The molecule has 3 heterocycles. The summed E-state index contributed by atoms with van der Waals surface area (Å²) < 4.78 is 7.51. The summed E-state index contributed by atoms with van der Waals surface area (Å²) in [6, 6.07) is 5.66. The number of hydrogen-bond acceptors (Lipinski definition) is 5. The van der Waals surface area contributed by atoms with E-state index in [0.29, 0.717) is 28.7 Å². The van der Waals surface area contributed by atoms with Gasteiger partial charge in [0, 0.05) is 42.4 Å². The molecule has 1 N–H and O–H groups in total. The summed E-state index contributed by atoms with van der Waals surface area (Å²) in [6.07, 6.45) is 5.42. The molecule has 158 valence electrons. The molecule has 3 aromatic rings. The number of nitrogens with one attached hydrogen (secondary N) is 1. The first kappa shape index (κ1) is 20.8. The normalized spacial score (nSPS) is 16.8. The third-order valence-corrected chi connectivity index (χ3v) is 5.63. The molecule has 2 aromatic heterocycles. The van der Waals surface area contributed by atoms with Crippen molar-refractivity contribution < 1.29 is 9.53 Å². The van der Waals surface area contributed by atoms with E-state index in [1.165, 1.54) is 0 Å². The number of ether oxygens (including phenoxy) is 1. The largest absolute Gasteiger partial charge is 0.444 e. The minimum absolute atomic E-state index is 0.212. The molecule has 1 aliphatic rings. The van der Waals surface area contributed by atoms with Gasteiger partial charge >= 0.3 is 6.09 Å². The molecule has 0 aliphatic carbocycles. The molecule has 30 heavy (non-hydrogen) atoms. The first-order valence-electron chi connectivity index (χ1n) is 9.72. The molecule has 0 saturated carbocycles. The maximum Gasteiger partial charge on any atom is 0.407 e. The van der Waals surface area contributed by atoms with E-state index in [4.69, 9.17) is 32.9 Å². The van der Waals surface area contributed by atoms with E-state index in [0.717, 1.165) is 23.3 Å². The zero-order valence-electron chi connectivity index (χ0n) is 17.0. The van der Waals surface area contributed by atoms with Crippen LogP contribution in [0.4, 0.5) is 10.6 Å². The molecule has 4 rings (SSSR count). The van der Waals surface area contributed by atoms with Crippen molar-refractivity contribution in [2.45, 2.75) is 38.8 Å². The monoisotopic (exact) mass is 447 g/mol. The van der Waals surface area contributed by atoms with Crippen LogP contribution < -0.4 is 10.2 Å². The van der Waals surface area contributed by atoms with Crippen LogP contribution in [0, 0.1) is 0 Å². The van der Waals surface area contributed by atoms with Crippen molar-refractivity contribution >= 4 is 46.0 Å². The number of imidazole rings is 1. The van der Waals surface area contributed by atoms with Crippen LogP contribution in [0.3, 0.4) is 0 Å². The molecule has 0 spiro atoms. The number of nitrogens with zero attached hydrogens (tertiary/aromatic N) is 4. The first-order valence-corrected chi connectivity index (χ1v) is 10.5. The Morgan fingerprint density at radius 2 is 2.10 bits per heavy atom. The Kier molecular flexibility index (Phi) is 5.51. The molecule has 0 unspecified atom stereocenters. The molecular formula is C21H23Cl2N5O2. The van der Waals surface area contributed by atoms with Crippen molar-refractivity contribution in [2.75, 3.05) is 18.0 Å². The summed E-state index contributed by atoms with van der Waals surface area (Å²) in [4.78, 5) is 23.1. The van der Waals surface area contributed by atoms with Crippen LogP contribution in [0.2, 0.25) is 10.0 Å². The minimum Gasteiger partial charge on any atom is -0.444 e. The Morgan fingerprint density at radius 3 is 2.80 bits per heavy atom. The highest BCUT2D eigenvalue weighted by molar-refractivity contribution is 6.45. The summed E-state index contributed by atoms with van der Waals surface area (Å²) in [5.41, 5.74) is 1.19. The summed E-state index contributed by atoms with van der Waals surface area (Å²) in [5.74, 6) is 0.748. The maximum absolute atomic E-state index is 12.1. The van der Waals surface area contributed by atoms with Gasteiger partial charge in [0.05, 0.1) is 34.1 Å². The highest BCUT2D eigenvalue weighted by Gasteiger charge is 2.28. The van der Waals surface area contributed by atoms with Gasteiger partial charge in [0.1, 0.15) is 11.9 Å². The van der Waals surface area contributed by atoms with E-state index in [9.17, 15) is 4.79 Å². The Labute approximate surface area is 184 Å². The Morgan fingerprint density at radius 1 is 1.30 bits per heavy atom. The van der Waals surface area contributed by atoms with Crippen LogP contribution in [0.5, 0.6) is 0 Å². The number of aromatic nitrogens is 3. The van der Waals surface area contributed by atoms with Gasteiger partial charge in [-0.15, -0.1) is 0 Å². The average Bonchev–Trinajstić information content (AvgIpc) is 3.34. The number of rotatable bonds is 3. The molecule has 1 amide bonds. The van der Waals surface area contributed by atoms with Crippen molar-refractivity contribution in [3.8, 4) is 5.69 Å². The minimum atomic E-state index is -0.408. The van der Waals surface area contributed by atoms with Crippen LogP contribution in [-0.4, -0.2) is 45.4 Å². The fraction of sp³-hybridized carbons (Fsp3) is 0.381. The summed E-state index contributed by atoms with van der Waals surface area (Å²) in [6.45, 7) is 7.02. The quantitative estimate of drug-likeness (QED) is 0.622. The topological polar surface area (TPSA) is 72.3 Å². The first-order chi connectivity index (χ1) is 14.2. The van der Waals surface area contributed by atoms with Crippen LogP contribution in [0.25, 0.3) is 16.6 Å². The molecule has 1 saturated heterocycles. The highest BCUT2D eigenvalue weighted by atomic mass is 35.5. The van der Waals surface area contributed by atoms with Gasteiger partial charge in [-0.05, 0) is 32.9 Å². The lowest BCUT2D eigenvalue weighted by Crippen LogP contribution is -2.42. The number of hydrogen-bond donors (Lipinski definition) is 1. The number of amides is 1. The van der Waals surface area contributed by atoms with Gasteiger partial charge in [0.15, 0.2) is 0 Å². The Hall–Kier alpha value is -2.51.